The molecule has 0 fully saturated rings. The van der Waals surface area contributed by atoms with Crippen LogP contribution in [0.2, 0.25) is 0 Å². The fourth-order valence-corrected chi connectivity index (χ4v) is 5.04. The van der Waals surface area contributed by atoms with E-state index >= 15 is 0 Å². The van der Waals surface area contributed by atoms with Crippen molar-refractivity contribution >= 4 is 22.8 Å². The molecule has 10 heteroatoms. The third-order valence-electron chi connectivity index (χ3n) is 5.72. The first-order valence-electron chi connectivity index (χ1n) is 11.6. The van der Waals surface area contributed by atoms with Crippen molar-refractivity contribution in [2.45, 2.75) is 43.8 Å². The summed E-state index contributed by atoms with van der Waals surface area (Å²) in [7, 11) is 1.53. The average Bonchev–Trinajstić information content (AvgIpc) is 3.50. The smallest absolute Gasteiger partial charge is 0.275 e. The number of hydrogen-bond acceptors (Lipinski definition) is 6. The first kappa shape index (κ1) is 23.8. The number of nitrogens with zero attached hydrogens (tertiary/aromatic N) is 7. The molecular formula is C26H27N7O2S. The SMILES string of the molecule is Cn1c(=O)c2c(Sc3ccccc3)n(Cc3ccc(-n4cncn4)cc3)nc2n(CC(C)(C)C)c1=O. The third kappa shape index (κ3) is 4.64. The van der Waals surface area contributed by atoms with Gasteiger partial charge in [0.1, 0.15) is 23.1 Å². The van der Waals surface area contributed by atoms with E-state index in [1.165, 1.54) is 29.7 Å². The van der Waals surface area contributed by atoms with Crippen LogP contribution >= 0.6 is 11.8 Å². The largest absolute Gasteiger partial charge is 0.332 e. The van der Waals surface area contributed by atoms with Crippen LogP contribution in [0.25, 0.3) is 16.7 Å². The van der Waals surface area contributed by atoms with E-state index in [2.05, 4.69) is 30.9 Å². The van der Waals surface area contributed by atoms with E-state index in [1.807, 2.05) is 59.3 Å². The van der Waals surface area contributed by atoms with E-state index in [-0.39, 0.29) is 16.7 Å². The van der Waals surface area contributed by atoms with E-state index < -0.39 is 0 Å². The minimum absolute atomic E-state index is 0.179. The Bertz CT molecular complexity index is 1630. The molecule has 184 valence electrons. The molecule has 0 unspecified atom stereocenters. The lowest BCUT2D eigenvalue weighted by Gasteiger charge is -2.20. The molecule has 0 spiro atoms. The van der Waals surface area contributed by atoms with Gasteiger partial charge in [0, 0.05) is 18.5 Å². The topological polar surface area (TPSA) is 92.5 Å². The molecule has 5 rings (SSSR count). The molecule has 5 aromatic rings. The van der Waals surface area contributed by atoms with Crippen LogP contribution in [0.3, 0.4) is 0 Å². The van der Waals surface area contributed by atoms with Crippen molar-refractivity contribution in [1.29, 1.82) is 0 Å². The van der Waals surface area contributed by atoms with Gasteiger partial charge in [-0.25, -0.2) is 14.5 Å². The monoisotopic (exact) mass is 501 g/mol. The van der Waals surface area contributed by atoms with E-state index in [0.29, 0.717) is 29.1 Å². The second kappa shape index (κ2) is 9.27. The second-order valence-corrected chi connectivity index (χ2v) is 10.9. The Balaban J connectivity index is 1.66. The van der Waals surface area contributed by atoms with Crippen LogP contribution in [0, 0.1) is 5.41 Å². The fourth-order valence-electron chi connectivity index (χ4n) is 4.03. The zero-order chi connectivity index (χ0) is 25.4. The number of fused-ring (bicyclic) bond motifs is 1. The van der Waals surface area contributed by atoms with Crippen LogP contribution in [0.4, 0.5) is 0 Å². The van der Waals surface area contributed by atoms with Gasteiger partial charge < -0.3 is 0 Å². The molecule has 36 heavy (non-hydrogen) atoms. The van der Waals surface area contributed by atoms with Crippen LogP contribution in [-0.2, 0) is 20.1 Å². The van der Waals surface area contributed by atoms with Gasteiger partial charge in [0.2, 0.25) is 0 Å². The van der Waals surface area contributed by atoms with Crippen molar-refractivity contribution in [2.75, 3.05) is 0 Å². The highest BCUT2D eigenvalue weighted by atomic mass is 32.2. The van der Waals surface area contributed by atoms with E-state index in [4.69, 9.17) is 5.10 Å². The molecule has 3 aromatic heterocycles. The molecule has 0 atom stereocenters. The maximum absolute atomic E-state index is 13.4. The molecule has 0 N–H and O–H groups in total. The summed E-state index contributed by atoms with van der Waals surface area (Å²) >= 11 is 1.48. The summed E-state index contributed by atoms with van der Waals surface area (Å²) in [6.07, 6.45) is 3.14. The Morgan fingerprint density at radius 1 is 0.972 bits per heavy atom. The van der Waals surface area contributed by atoms with Crippen LogP contribution < -0.4 is 11.2 Å². The lowest BCUT2D eigenvalue weighted by atomic mass is 9.97. The number of benzene rings is 2. The Labute approximate surface area is 212 Å². The predicted octanol–water partition coefficient (Wildman–Crippen LogP) is 3.72. The van der Waals surface area contributed by atoms with Crippen LogP contribution in [-0.4, -0.2) is 33.7 Å². The van der Waals surface area contributed by atoms with E-state index in [0.717, 1.165) is 16.1 Å². The second-order valence-electron chi connectivity index (χ2n) is 9.88. The molecule has 0 bridgehead atoms. The Morgan fingerprint density at radius 3 is 2.33 bits per heavy atom. The van der Waals surface area contributed by atoms with Gasteiger partial charge in [0.05, 0.1) is 12.2 Å². The Kier molecular flexibility index (Phi) is 6.13. The molecule has 0 aliphatic carbocycles. The molecule has 0 saturated heterocycles. The van der Waals surface area contributed by atoms with Gasteiger partial charge >= 0.3 is 5.69 Å². The number of aromatic nitrogens is 7. The summed E-state index contributed by atoms with van der Waals surface area (Å²) in [5.41, 5.74) is 1.43. The van der Waals surface area contributed by atoms with Gasteiger partial charge in [-0.1, -0.05) is 62.9 Å². The molecule has 9 nitrogen and oxygen atoms in total. The minimum atomic E-state index is -0.361. The molecule has 0 amide bonds. The molecule has 3 heterocycles. The molecule has 2 aromatic carbocycles. The lowest BCUT2D eigenvalue weighted by Crippen LogP contribution is -2.40. The summed E-state index contributed by atoms with van der Waals surface area (Å²) in [4.78, 5) is 31.5. The highest BCUT2D eigenvalue weighted by Crippen LogP contribution is 2.33. The van der Waals surface area contributed by atoms with Crippen molar-refractivity contribution in [3.8, 4) is 5.69 Å². The Hall–Kier alpha value is -3.92. The van der Waals surface area contributed by atoms with Gasteiger partial charge in [0.25, 0.3) is 5.56 Å². The molecule has 0 saturated carbocycles. The summed E-state index contributed by atoms with van der Waals surface area (Å²) in [6.45, 7) is 7.06. The van der Waals surface area contributed by atoms with Crippen molar-refractivity contribution in [2.24, 2.45) is 12.5 Å². The van der Waals surface area contributed by atoms with Crippen molar-refractivity contribution in [1.82, 2.24) is 33.7 Å². The highest BCUT2D eigenvalue weighted by Gasteiger charge is 2.24. The first-order chi connectivity index (χ1) is 17.2. The third-order valence-corrected chi connectivity index (χ3v) is 6.84. The van der Waals surface area contributed by atoms with Gasteiger partial charge in [-0.05, 0) is 35.2 Å². The predicted molar refractivity (Wildman–Crippen MR) is 140 cm³/mol. The first-order valence-corrected chi connectivity index (χ1v) is 12.4. The van der Waals surface area contributed by atoms with Crippen LogP contribution in [0.1, 0.15) is 26.3 Å². The molecule has 0 aliphatic rings. The van der Waals surface area contributed by atoms with Crippen molar-refractivity contribution < 1.29 is 0 Å². The molecular weight excluding hydrogens is 474 g/mol. The fraction of sp³-hybridized carbons (Fsp3) is 0.269. The normalized spacial score (nSPS) is 11.9. The standard InChI is InChI=1S/C26H27N7O2S/c1-26(2,3)15-31-22-21(23(34)30(4)25(31)35)24(36-20-8-6-5-7-9-20)32(29-22)14-18-10-12-19(13-11-18)33-17-27-16-28-33/h5-13,16-17H,14-15H2,1-4H3. The summed E-state index contributed by atoms with van der Waals surface area (Å²) in [5.74, 6) is 0. The van der Waals surface area contributed by atoms with Crippen molar-refractivity contribution in [3.05, 3.63) is 93.7 Å². The van der Waals surface area contributed by atoms with Crippen LogP contribution in [0.15, 0.2) is 86.8 Å². The molecule has 0 radical (unpaired) electrons. The van der Waals surface area contributed by atoms with Gasteiger partial charge in [0.15, 0.2) is 5.65 Å². The summed E-state index contributed by atoms with van der Waals surface area (Å²) < 4.78 is 6.32. The number of hydrogen-bond donors (Lipinski definition) is 0. The van der Waals surface area contributed by atoms with Crippen molar-refractivity contribution in [3.63, 3.8) is 0 Å². The maximum Gasteiger partial charge on any atom is 0.332 e. The van der Waals surface area contributed by atoms with Gasteiger partial charge in [-0.15, -0.1) is 0 Å². The average molecular weight is 502 g/mol. The summed E-state index contributed by atoms with van der Waals surface area (Å²) in [6, 6.07) is 17.8. The van der Waals surface area contributed by atoms with Gasteiger partial charge in [-0.3, -0.25) is 18.6 Å². The van der Waals surface area contributed by atoms with E-state index in [9.17, 15) is 9.59 Å². The maximum atomic E-state index is 13.4. The summed E-state index contributed by atoms with van der Waals surface area (Å²) in [5, 5.41) is 10.2. The lowest BCUT2D eigenvalue weighted by molar-refractivity contribution is 0.337. The number of rotatable bonds is 6. The van der Waals surface area contributed by atoms with Crippen LogP contribution in [0.5, 0.6) is 0 Å². The Morgan fingerprint density at radius 2 is 1.69 bits per heavy atom. The minimum Gasteiger partial charge on any atom is -0.275 e. The zero-order valence-corrected chi connectivity index (χ0v) is 21.4. The quantitative estimate of drug-likeness (QED) is 0.352. The zero-order valence-electron chi connectivity index (χ0n) is 20.6. The highest BCUT2D eigenvalue weighted by molar-refractivity contribution is 7.99. The van der Waals surface area contributed by atoms with Gasteiger partial charge in [-0.2, -0.15) is 10.2 Å². The molecule has 0 aliphatic heterocycles. The van der Waals surface area contributed by atoms with E-state index in [1.54, 1.807) is 15.6 Å².